The van der Waals surface area contributed by atoms with Gasteiger partial charge in [-0.2, -0.15) is 0 Å². The molecule has 1 aliphatic carbocycles. The third kappa shape index (κ3) is 7.53. The number of halogens is 2. The fourth-order valence-electron chi connectivity index (χ4n) is 4.39. The number of carbonyl (C=O) groups excluding carboxylic acids is 1. The maximum absolute atomic E-state index is 16.0. The first-order chi connectivity index (χ1) is 18.5. The number of morpholine rings is 1. The maximum Gasteiger partial charge on any atom is 0.277 e. The minimum atomic E-state index is -0.580. The lowest BCUT2D eigenvalue weighted by atomic mass is 10.1. The van der Waals surface area contributed by atoms with Gasteiger partial charge in [0.05, 0.1) is 42.9 Å². The van der Waals surface area contributed by atoms with Crippen LogP contribution in [0.5, 0.6) is 0 Å². The van der Waals surface area contributed by atoms with Crippen molar-refractivity contribution in [2.75, 3.05) is 50.1 Å². The maximum atomic E-state index is 16.0. The Morgan fingerprint density at radius 3 is 2.79 bits per heavy atom. The summed E-state index contributed by atoms with van der Waals surface area (Å²) in [5, 5.41) is 3.76. The Bertz CT molecular complexity index is 1180. The van der Waals surface area contributed by atoms with Gasteiger partial charge in [-0.05, 0) is 62.8 Å². The van der Waals surface area contributed by atoms with E-state index in [1.165, 1.54) is 0 Å². The van der Waals surface area contributed by atoms with Crippen LogP contribution in [0.15, 0.2) is 48.5 Å². The highest BCUT2D eigenvalue weighted by Gasteiger charge is 2.25. The summed E-state index contributed by atoms with van der Waals surface area (Å²) in [6.07, 6.45) is 11.1. The van der Waals surface area contributed by atoms with E-state index in [2.05, 4.69) is 43.2 Å². The summed E-state index contributed by atoms with van der Waals surface area (Å²) in [5.41, 5.74) is 5.03. The number of nitrogens with one attached hydrogen (secondary N) is 2. The van der Waals surface area contributed by atoms with E-state index in [0.717, 1.165) is 64.1 Å². The Morgan fingerprint density at radius 2 is 2.08 bits per heavy atom. The fraction of sp³-hybridized carbons (Fsp3) is 0.500. The topological polar surface area (TPSA) is 80.7 Å². The lowest BCUT2D eigenvalue weighted by Crippen LogP contribution is -2.36. The van der Waals surface area contributed by atoms with Gasteiger partial charge in [0.1, 0.15) is 5.52 Å². The first-order valence-corrected chi connectivity index (χ1v) is 14.4. The lowest BCUT2D eigenvalue weighted by Gasteiger charge is -2.26. The molecule has 0 radical (unpaired) electrons. The molecule has 1 saturated carbocycles. The predicted molar refractivity (Wildman–Crippen MR) is 152 cm³/mol. The highest BCUT2D eigenvalue weighted by Crippen LogP contribution is 2.31. The number of allylic oxidation sites excluding steroid dienone is 4. The zero-order valence-electron chi connectivity index (χ0n) is 22.0. The average molecular weight is 591 g/mol. The van der Waals surface area contributed by atoms with Crippen molar-refractivity contribution in [3.8, 4) is 0 Å². The zero-order valence-corrected chi connectivity index (χ0v) is 23.6. The van der Waals surface area contributed by atoms with E-state index in [0.29, 0.717) is 35.6 Å². The molecule has 2 aliphatic rings. The van der Waals surface area contributed by atoms with Crippen LogP contribution in [-0.4, -0.2) is 65.1 Å². The Labute approximate surface area is 232 Å². The van der Waals surface area contributed by atoms with Crippen LogP contribution in [0.2, 0.25) is 0 Å². The third-order valence-electron chi connectivity index (χ3n) is 6.86. The molecule has 0 bridgehead atoms. The molecule has 10 heteroatoms. The molecule has 4 rings (SSSR count). The second kappa shape index (κ2) is 14.0. The number of carbonyl (C=O) groups is 1. The molecule has 0 spiro atoms. The minimum Gasteiger partial charge on any atom is -0.379 e. The van der Waals surface area contributed by atoms with Crippen molar-refractivity contribution in [3.63, 3.8) is 0 Å². The number of hydrogen-bond donors (Lipinski definition) is 2. The van der Waals surface area contributed by atoms with Gasteiger partial charge < -0.3 is 14.6 Å². The van der Waals surface area contributed by atoms with E-state index < -0.39 is 11.7 Å². The van der Waals surface area contributed by atoms with Crippen molar-refractivity contribution in [3.05, 3.63) is 59.9 Å². The number of alkyl halides is 1. The molecule has 1 aromatic heterocycles. The summed E-state index contributed by atoms with van der Waals surface area (Å²) in [7, 11) is 0. The van der Waals surface area contributed by atoms with Gasteiger partial charge in [-0.1, -0.05) is 34.7 Å². The standard InChI is InChI=1S/C28H37BrFN5O3/c1-3-6-23(20(2)9-10-29)32-26-22(28(36)33-38-18-21-7-8-21)17-24-27(25(26)30)31-19-35(24)12-5-4-11-34-13-15-37-16-14-34/h3,6,9,17,19,21,32H,1,4-5,7-8,10-16,18H2,2H3,(H,33,36)/b20-9-,23-6+. The first-order valence-electron chi connectivity index (χ1n) is 13.2. The average Bonchev–Trinajstić information content (AvgIpc) is 3.66. The van der Waals surface area contributed by atoms with Gasteiger partial charge in [0.25, 0.3) is 5.91 Å². The number of ether oxygens (including phenoxy) is 1. The molecule has 1 aromatic carbocycles. The number of nitrogens with zero attached hydrogens (tertiary/aromatic N) is 3. The number of anilines is 1. The van der Waals surface area contributed by atoms with E-state index in [9.17, 15) is 4.79 Å². The minimum absolute atomic E-state index is 0.0537. The van der Waals surface area contributed by atoms with Crippen molar-refractivity contribution in [2.24, 2.45) is 5.92 Å². The van der Waals surface area contributed by atoms with Crippen LogP contribution in [0.25, 0.3) is 11.0 Å². The summed E-state index contributed by atoms with van der Waals surface area (Å²) in [4.78, 5) is 25.4. The number of aromatic nitrogens is 2. The Kier molecular flexibility index (Phi) is 10.5. The van der Waals surface area contributed by atoms with Gasteiger partial charge in [-0.15, -0.1) is 0 Å². The lowest BCUT2D eigenvalue weighted by molar-refractivity contribution is 0.0271. The number of unbranched alkanes of at least 4 members (excludes halogenated alkanes) is 1. The monoisotopic (exact) mass is 589 g/mol. The van der Waals surface area contributed by atoms with Crippen LogP contribution in [-0.2, 0) is 16.1 Å². The van der Waals surface area contributed by atoms with Gasteiger partial charge >= 0.3 is 0 Å². The fourth-order valence-corrected chi connectivity index (χ4v) is 4.88. The molecule has 0 atom stereocenters. The number of fused-ring (bicyclic) bond motifs is 1. The zero-order chi connectivity index (χ0) is 26.9. The molecule has 38 heavy (non-hydrogen) atoms. The molecule has 1 saturated heterocycles. The van der Waals surface area contributed by atoms with Crippen LogP contribution in [0.4, 0.5) is 10.1 Å². The van der Waals surface area contributed by atoms with Crippen LogP contribution in [0.3, 0.4) is 0 Å². The van der Waals surface area contributed by atoms with E-state index in [1.54, 1.807) is 24.5 Å². The number of imidazole rings is 1. The summed E-state index contributed by atoms with van der Waals surface area (Å²) in [5.74, 6) is -0.609. The van der Waals surface area contributed by atoms with Crippen molar-refractivity contribution in [1.82, 2.24) is 19.9 Å². The quantitative estimate of drug-likeness (QED) is 0.137. The Morgan fingerprint density at radius 1 is 1.32 bits per heavy atom. The number of amides is 1. The summed E-state index contributed by atoms with van der Waals surface area (Å²) < 4.78 is 23.3. The molecular formula is C28H37BrFN5O3. The normalized spacial score (nSPS) is 17.1. The molecule has 2 aromatic rings. The predicted octanol–water partition coefficient (Wildman–Crippen LogP) is 5.18. The Hall–Kier alpha value is -2.53. The molecule has 2 heterocycles. The van der Waals surface area contributed by atoms with E-state index in [-0.39, 0.29) is 16.8 Å². The Balaban J connectivity index is 1.58. The highest BCUT2D eigenvalue weighted by molar-refractivity contribution is 9.09. The number of hydrogen-bond acceptors (Lipinski definition) is 6. The summed E-state index contributed by atoms with van der Waals surface area (Å²) in [6.45, 7) is 11.3. The smallest absolute Gasteiger partial charge is 0.277 e. The van der Waals surface area contributed by atoms with Crippen molar-refractivity contribution in [1.29, 1.82) is 0 Å². The van der Waals surface area contributed by atoms with E-state index >= 15 is 4.39 Å². The summed E-state index contributed by atoms with van der Waals surface area (Å²) in [6, 6.07) is 1.70. The molecule has 2 fully saturated rings. The molecule has 0 unspecified atom stereocenters. The second-order valence-electron chi connectivity index (χ2n) is 9.75. The van der Waals surface area contributed by atoms with Gasteiger partial charge in [-0.3, -0.25) is 14.5 Å². The van der Waals surface area contributed by atoms with Gasteiger partial charge in [0, 0.05) is 30.7 Å². The SMILES string of the molecule is C=C/C=C(Nc1c(C(=O)NOCC2CC2)cc2c(ncn2CCCCN2CCOCC2)c1F)\C(C)=C/CBr. The summed E-state index contributed by atoms with van der Waals surface area (Å²) >= 11 is 3.40. The van der Waals surface area contributed by atoms with Gasteiger partial charge in [0.2, 0.25) is 0 Å². The van der Waals surface area contributed by atoms with Crippen LogP contribution < -0.4 is 10.8 Å². The third-order valence-corrected chi connectivity index (χ3v) is 7.18. The first kappa shape index (κ1) is 28.5. The molecule has 1 aliphatic heterocycles. The number of aryl methyl sites for hydroxylation is 1. The molecule has 2 N–H and O–H groups in total. The van der Waals surface area contributed by atoms with E-state index in [4.69, 9.17) is 9.57 Å². The molecule has 1 amide bonds. The highest BCUT2D eigenvalue weighted by atomic mass is 79.9. The van der Waals surface area contributed by atoms with Crippen molar-refractivity contribution >= 4 is 38.6 Å². The van der Waals surface area contributed by atoms with Crippen LogP contribution in [0.1, 0.15) is 43.0 Å². The van der Waals surface area contributed by atoms with Crippen LogP contribution >= 0.6 is 15.9 Å². The van der Waals surface area contributed by atoms with E-state index in [1.807, 2.05) is 17.6 Å². The van der Waals surface area contributed by atoms with Gasteiger partial charge in [-0.25, -0.2) is 14.9 Å². The molecular weight excluding hydrogens is 553 g/mol. The second-order valence-corrected chi connectivity index (χ2v) is 10.4. The molecule has 206 valence electrons. The number of benzene rings is 1. The molecule has 8 nitrogen and oxygen atoms in total. The van der Waals surface area contributed by atoms with Crippen molar-refractivity contribution < 1.29 is 18.8 Å². The van der Waals surface area contributed by atoms with Gasteiger partial charge in [0.15, 0.2) is 5.82 Å². The number of hydroxylamine groups is 1. The van der Waals surface area contributed by atoms with Crippen molar-refractivity contribution in [2.45, 2.75) is 39.2 Å². The van der Waals surface area contributed by atoms with Crippen LogP contribution in [0, 0.1) is 11.7 Å². The largest absolute Gasteiger partial charge is 0.379 e. The number of rotatable bonds is 14.